The Kier molecular flexibility index (Phi) is 2.46. The molecule has 0 spiro atoms. The Labute approximate surface area is 85.5 Å². The highest BCUT2D eigenvalue weighted by molar-refractivity contribution is 5.61. The second kappa shape index (κ2) is 3.62. The highest BCUT2D eigenvalue weighted by Gasteiger charge is 2.21. The molecule has 0 saturated heterocycles. The number of nitrogens with one attached hydrogen (secondary N) is 1. The maximum atomic E-state index is 5.81. The van der Waals surface area contributed by atoms with Gasteiger partial charge in [-0.3, -0.25) is 0 Å². The van der Waals surface area contributed by atoms with Gasteiger partial charge in [0.2, 0.25) is 0 Å². The largest absolute Gasteiger partial charge is 0.381 e. The summed E-state index contributed by atoms with van der Waals surface area (Å²) < 4.78 is 0. The highest BCUT2D eigenvalue weighted by Crippen LogP contribution is 2.30. The number of nitrogens with two attached hydrogens (primary N) is 1. The summed E-state index contributed by atoms with van der Waals surface area (Å²) >= 11 is 0. The minimum absolute atomic E-state index is 0.280. The Bertz CT molecular complexity index is 331. The van der Waals surface area contributed by atoms with Crippen molar-refractivity contribution < 1.29 is 0 Å². The summed E-state index contributed by atoms with van der Waals surface area (Å²) in [6.45, 7) is 4.22. The van der Waals surface area contributed by atoms with Crippen LogP contribution in [0.1, 0.15) is 24.5 Å². The van der Waals surface area contributed by atoms with Gasteiger partial charge in [0.25, 0.3) is 0 Å². The molecule has 14 heavy (non-hydrogen) atoms. The van der Waals surface area contributed by atoms with Crippen LogP contribution in [-0.2, 0) is 6.42 Å². The Morgan fingerprint density at radius 2 is 2.36 bits per heavy atom. The molecule has 0 radical (unpaired) electrons. The fraction of sp³-hybridized carbons (Fsp3) is 0.500. The van der Waals surface area contributed by atoms with Crippen molar-refractivity contribution in [2.45, 2.75) is 38.8 Å². The van der Waals surface area contributed by atoms with Crippen molar-refractivity contribution in [2.24, 2.45) is 5.73 Å². The molecule has 2 nitrogen and oxygen atoms in total. The van der Waals surface area contributed by atoms with E-state index in [-0.39, 0.29) is 6.04 Å². The van der Waals surface area contributed by atoms with Crippen LogP contribution in [0, 0.1) is 6.92 Å². The Balaban J connectivity index is 2.14. The first-order chi connectivity index (χ1) is 6.66. The number of hydrogen-bond acceptors (Lipinski definition) is 2. The summed E-state index contributed by atoms with van der Waals surface area (Å²) in [6, 6.07) is 7.30. The number of hydrogen-bond donors (Lipinski definition) is 2. The second-order valence-electron chi connectivity index (χ2n) is 4.37. The molecule has 0 fully saturated rings. The predicted octanol–water partition coefficient (Wildman–Crippen LogP) is 2.07. The number of aryl methyl sites for hydroxylation is 1. The molecule has 1 aromatic carbocycles. The molecule has 0 saturated carbocycles. The van der Waals surface area contributed by atoms with Crippen LogP contribution in [0.4, 0.5) is 5.69 Å². The quantitative estimate of drug-likeness (QED) is 0.749. The molecule has 0 aliphatic carbocycles. The molecular weight excluding hydrogens is 172 g/mol. The van der Waals surface area contributed by atoms with Crippen LogP contribution in [0.25, 0.3) is 0 Å². The lowest BCUT2D eigenvalue weighted by Gasteiger charge is -2.13. The van der Waals surface area contributed by atoms with Gasteiger partial charge in [0.15, 0.2) is 0 Å². The molecule has 2 rings (SSSR count). The van der Waals surface area contributed by atoms with E-state index < -0.39 is 0 Å². The van der Waals surface area contributed by atoms with Crippen molar-refractivity contribution in [1.82, 2.24) is 0 Å². The van der Waals surface area contributed by atoms with Crippen LogP contribution in [-0.4, -0.2) is 12.1 Å². The van der Waals surface area contributed by atoms with Gasteiger partial charge in [0, 0.05) is 17.8 Å². The van der Waals surface area contributed by atoms with Crippen molar-refractivity contribution in [2.75, 3.05) is 5.32 Å². The summed E-state index contributed by atoms with van der Waals surface area (Å²) in [5.74, 6) is 0. The van der Waals surface area contributed by atoms with Crippen LogP contribution in [0.3, 0.4) is 0 Å². The van der Waals surface area contributed by atoms with Crippen molar-refractivity contribution in [3.05, 3.63) is 29.3 Å². The lowest BCUT2D eigenvalue weighted by molar-refractivity contribution is 0.587. The van der Waals surface area contributed by atoms with Crippen molar-refractivity contribution in [3.8, 4) is 0 Å². The highest BCUT2D eigenvalue weighted by atomic mass is 15.0. The number of rotatable bonds is 2. The molecule has 1 aliphatic rings. The summed E-state index contributed by atoms with van der Waals surface area (Å²) in [5, 5.41) is 3.55. The molecule has 0 amide bonds. The number of fused-ring (bicyclic) bond motifs is 1. The summed E-state index contributed by atoms with van der Waals surface area (Å²) in [4.78, 5) is 0. The molecule has 0 bridgehead atoms. The van der Waals surface area contributed by atoms with Gasteiger partial charge >= 0.3 is 0 Å². The van der Waals surface area contributed by atoms with Gasteiger partial charge in [0.1, 0.15) is 0 Å². The van der Waals surface area contributed by atoms with Gasteiger partial charge in [-0.15, -0.1) is 0 Å². The Morgan fingerprint density at radius 1 is 1.57 bits per heavy atom. The van der Waals surface area contributed by atoms with Gasteiger partial charge in [-0.05, 0) is 37.8 Å². The summed E-state index contributed by atoms with van der Waals surface area (Å²) in [5.41, 5.74) is 9.92. The molecule has 0 aromatic heterocycles. The van der Waals surface area contributed by atoms with Gasteiger partial charge in [0.05, 0.1) is 0 Å². The van der Waals surface area contributed by atoms with E-state index in [2.05, 4.69) is 37.4 Å². The topological polar surface area (TPSA) is 38.0 Å². The molecule has 1 heterocycles. The first-order valence-electron chi connectivity index (χ1n) is 5.27. The van der Waals surface area contributed by atoms with Crippen LogP contribution in [0.15, 0.2) is 18.2 Å². The average Bonchev–Trinajstić information content (AvgIpc) is 2.47. The molecule has 3 N–H and O–H groups in total. The van der Waals surface area contributed by atoms with Crippen LogP contribution in [0.2, 0.25) is 0 Å². The summed E-state index contributed by atoms with van der Waals surface area (Å²) in [6.07, 6.45) is 2.17. The van der Waals surface area contributed by atoms with E-state index in [4.69, 9.17) is 5.73 Å². The van der Waals surface area contributed by atoms with Crippen molar-refractivity contribution >= 4 is 5.69 Å². The monoisotopic (exact) mass is 190 g/mol. The summed E-state index contributed by atoms with van der Waals surface area (Å²) in [7, 11) is 0. The fourth-order valence-electron chi connectivity index (χ4n) is 2.22. The van der Waals surface area contributed by atoms with E-state index in [0.29, 0.717) is 6.04 Å². The maximum absolute atomic E-state index is 5.81. The van der Waals surface area contributed by atoms with Crippen molar-refractivity contribution in [1.29, 1.82) is 0 Å². The molecule has 2 heteroatoms. The van der Waals surface area contributed by atoms with E-state index in [9.17, 15) is 0 Å². The smallest absolute Gasteiger partial charge is 0.0405 e. The predicted molar refractivity (Wildman–Crippen MR) is 60.6 cm³/mol. The molecule has 2 unspecified atom stereocenters. The van der Waals surface area contributed by atoms with Gasteiger partial charge < -0.3 is 11.1 Å². The first kappa shape index (κ1) is 9.53. The normalized spacial score (nSPS) is 21.5. The molecular formula is C12H18N2. The number of anilines is 1. The lowest BCUT2D eigenvalue weighted by atomic mass is 10.0. The number of para-hydroxylation sites is 1. The molecule has 76 valence electrons. The zero-order valence-electron chi connectivity index (χ0n) is 8.88. The Morgan fingerprint density at radius 3 is 3.00 bits per heavy atom. The standard InChI is InChI=1S/C12H18N2/c1-8-4-3-5-10-7-11(6-9(2)13)14-12(8)10/h3-5,9,11,14H,6-7,13H2,1-2H3. The third-order valence-electron chi connectivity index (χ3n) is 2.83. The van der Waals surface area contributed by atoms with E-state index in [1.54, 1.807) is 0 Å². The van der Waals surface area contributed by atoms with Gasteiger partial charge in [-0.1, -0.05) is 18.2 Å². The van der Waals surface area contributed by atoms with Gasteiger partial charge in [-0.25, -0.2) is 0 Å². The average molecular weight is 190 g/mol. The maximum Gasteiger partial charge on any atom is 0.0405 e. The van der Waals surface area contributed by atoms with E-state index >= 15 is 0 Å². The molecule has 2 atom stereocenters. The molecule has 1 aliphatic heterocycles. The van der Waals surface area contributed by atoms with E-state index in [1.807, 2.05) is 0 Å². The fourth-order valence-corrected chi connectivity index (χ4v) is 2.22. The third-order valence-corrected chi connectivity index (χ3v) is 2.83. The zero-order chi connectivity index (χ0) is 10.1. The van der Waals surface area contributed by atoms with Crippen LogP contribution >= 0.6 is 0 Å². The Hall–Kier alpha value is -1.02. The van der Waals surface area contributed by atoms with E-state index in [0.717, 1.165) is 12.8 Å². The van der Waals surface area contributed by atoms with E-state index in [1.165, 1.54) is 16.8 Å². The molecule has 1 aromatic rings. The van der Waals surface area contributed by atoms with Gasteiger partial charge in [-0.2, -0.15) is 0 Å². The van der Waals surface area contributed by atoms with Crippen molar-refractivity contribution in [3.63, 3.8) is 0 Å². The van der Waals surface area contributed by atoms with Crippen LogP contribution < -0.4 is 11.1 Å². The third kappa shape index (κ3) is 1.75. The lowest BCUT2D eigenvalue weighted by Crippen LogP contribution is -2.26. The second-order valence-corrected chi connectivity index (χ2v) is 4.37. The minimum atomic E-state index is 0.280. The van der Waals surface area contributed by atoms with Crippen LogP contribution in [0.5, 0.6) is 0 Å². The SMILES string of the molecule is Cc1cccc2c1NC(CC(C)N)C2. The zero-order valence-corrected chi connectivity index (χ0v) is 8.88. The minimum Gasteiger partial charge on any atom is -0.381 e. The number of benzene rings is 1. The first-order valence-corrected chi connectivity index (χ1v) is 5.27.